The van der Waals surface area contributed by atoms with Gasteiger partial charge in [0.25, 0.3) is 0 Å². The third-order valence-corrected chi connectivity index (χ3v) is 1.56. The van der Waals surface area contributed by atoms with E-state index in [0.29, 0.717) is 0 Å². The minimum absolute atomic E-state index is 0.0487. The number of rotatable bonds is 1. The smallest absolute Gasteiger partial charge is 0.341 e. The van der Waals surface area contributed by atoms with Crippen molar-refractivity contribution in [2.45, 2.75) is 13.8 Å². The van der Waals surface area contributed by atoms with Gasteiger partial charge in [-0.15, -0.1) is 13.2 Å². The molecule has 0 unspecified atom stereocenters. The molecule has 5 nitrogen and oxygen atoms in total. The Bertz CT molecular complexity index is 398. The molecule has 0 aliphatic rings. The molecule has 0 fully saturated rings. The first-order valence-corrected chi connectivity index (χ1v) is 5.02. The second kappa shape index (κ2) is 9.89. The number of benzene rings is 1. The number of methoxy groups -OCH3 is 1. The predicted molar refractivity (Wildman–Crippen MR) is 70.3 cm³/mol. The van der Waals surface area contributed by atoms with E-state index in [-0.39, 0.29) is 17.2 Å². The van der Waals surface area contributed by atoms with Crippen LogP contribution in [0.3, 0.4) is 0 Å². The van der Waals surface area contributed by atoms with E-state index >= 15 is 0 Å². The summed E-state index contributed by atoms with van der Waals surface area (Å²) in [6.07, 6.45) is 0. The average Bonchev–Trinajstić information content (AvgIpc) is 2.33. The van der Waals surface area contributed by atoms with Crippen LogP contribution in [0.5, 0.6) is 5.75 Å². The van der Waals surface area contributed by atoms with Crippen LogP contribution in [0, 0.1) is 6.92 Å². The van der Waals surface area contributed by atoms with Gasteiger partial charge < -0.3 is 15.6 Å². The maximum atomic E-state index is 11.0. The van der Waals surface area contributed by atoms with Gasteiger partial charge in [-0.05, 0) is 19.1 Å². The molecule has 0 aliphatic heterocycles. The highest BCUT2D eigenvalue weighted by atomic mass is 16.5. The van der Waals surface area contributed by atoms with Crippen LogP contribution in [0.1, 0.15) is 22.8 Å². The van der Waals surface area contributed by atoms with Crippen molar-refractivity contribution < 1.29 is 19.4 Å². The Kier molecular flexibility index (Phi) is 9.93. The van der Waals surface area contributed by atoms with Gasteiger partial charge >= 0.3 is 5.97 Å². The zero-order chi connectivity index (χ0) is 14.7. The normalized spacial score (nSPS) is 7.94. The van der Waals surface area contributed by atoms with Crippen molar-refractivity contribution in [1.82, 2.24) is 0 Å². The van der Waals surface area contributed by atoms with Crippen LogP contribution in [0.25, 0.3) is 0 Å². The summed E-state index contributed by atoms with van der Waals surface area (Å²) >= 11 is 0. The number of nitrogens with two attached hydrogens (primary N) is 1. The molecular formula is C13H19NO4. The zero-order valence-corrected chi connectivity index (χ0v) is 10.9. The van der Waals surface area contributed by atoms with E-state index in [1.165, 1.54) is 20.1 Å². The van der Waals surface area contributed by atoms with Gasteiger partial charge in [0.05, 0.1) is 7.11 Å². The topological polar surface area (TPSA) is 89.6 Å². The van der Waals surface area contributed by atoms with Gasteiger partial charge in [0.15, 0.2) is 0 Å². The van der Waals surface area contributed by atoms with Crippen LogP contribution in [0.4, 0.5) is 0 Å². The van der Waals surface area contributed by atoms with Crippen LogP contribution in [-0.2, 0) is 9.53 Å². The van der Waals surface area contributed by atoms with E-state index in [9.17, 15) is 14.7 Å². The number of phenols is 1. The van der Waals surface area contributed by atoms with Crippen molar-refractivity contribution in [1.29, 1.82) is 0 Å². The lowest BCUT2D eigenvalue weighted by Gasteiger charge is -2.02. The highest BCUT2D eigenvalue weighted by Crippen LogP contribution is 2.18. The molecule has 1 amide bonds. The Morgan fingerprint density at radius 2 is 1.78 bits per heavy atom. The van der Waals surface area contributed by atoms with Gasteiger partial charge in [0, 0.05) is 6.92 Å². The summed E-state index contributed by atoms with van der Waals surface area (Å²) < 4.78 is 4.47. The first-order chi connectivity index (χ1) is 8.38. The number of primary amides is 1. The first kappa shape index (κ1) is 18.1. The summed E-state index contributed by atoms with van der Waals surface area (Å²) in [5, 5.41) is 9.24. The summed E-state index contributed by atoms with van der Waals surface area (Å²) in [5.74, 6) is -0.899. The summed E-state index contributed by atoms with van der Waals surface area (Å²) in [4.78, 5) is 20.2. The summed E-state index contributed by atoms with van der Waals surface area (Å²) in [6, 6.07) is 4.78. The number of carbonyl (C=O) groups excluding carboxylic acids is 2. The van der Waals surface area contributed by atoms with Crippen molar-refractivity contribution in [3.8, 4) is 5.75 Å². The molecule has 3 N–H and O–H groups in total. The molecule has 0 aliphatic carbocycles. The van der Waals surface area contributed by atoms with Crippen molar-refractivity contribution in [3.05, 3.63) is 42.5 Å². The van der Waals surface area contributed by atoms with Gasteiger partial charge in [0.1, 0.15) is 11.3 Å². The quantitative estimate of drug-likeness (QED) is 0.589. The first-order valence-electron chi connectivity index (χ1n) is 5.02. The molecule has 0 saturated carbocycles. The molecular weight excluding hydrogens is 234 g/mol. The summed E-state index contributed by atoms with van der Waals surface area (Å²) in [5.41, 5.74) is 5.59. The number of carbonyl (C=O) groups is 2. The van der Waals surface area contributed by atoms with Crippen LogP contribution in [0.15, 0.2) is 31.4 Å². The second-order valence-electron chi connectivity index (χ2n) is 3.12. The van der Waals surface area contributed by atoms with Gasteiger partial charge in [-0.2, -0.15) is 0 Å². The number of hydrogen-bond acceptors (Lipinski definition) is 4. The molecule has 1 aromatic rings. The molecule has 18 heavy (non-hydrogen) atoms. The third-order valence-electron chi connectivity index (χ3n) is 1.56. The fourth-order valence-electron chi connectivity index (χ4n) is 0.923. The van der Waals surface area contributed by atoms with E-state index in [2.05, 4.69) is 23.6 Å². The van der Waals surface area contributed by atoms with Crippen molar-refractivity contribution in [2.24, 2.45) is 5.73 Å². The maximum Gasteiger partial charge on any atom is 0.341 e. The van der Waals surface area contributed by atoms with Gasteiger partial charge in [0.2, 0.25) is 5.91 Å². The molecule has 0 aromatic heterocycles. The standard InChI is InChI=1S/C9H10O3.C2H5NO.C2H4/c1-6-3-4-8(10)7(5-6)9(11)12-2;1-2(3)4;1-2/h3-5,10H,1-2H3;1H3,(H2,3,4);1-2H2. The number of esters is 1. The average molecular weight is 253 g/mol. The highest BCUT2D eigenvalue weighted by Gasteiger charge is 2.10. The Morgan fingerprint density at radius 3 is 2.17 bits per heavy atom. The summed E-state index contributed by atoms with van der Waals surface area (Å²) in [6.45, 7) is 9.14. The molecule has 0 heterocycles. The number of amides is 1. The number of hydrogen-bond donors (Lipinski definition) is 2. The fraction of sp³-hybridized carbons (Fsp3) is 0.231. The number of aromatic hydroxyl groups is 1. The fourth-order valence-corrected chi connectivity index (χ4v) is 0.923. The van der Waals surface area contributed by atoms with Crippen molar-refractivity contribution in [2.75, 3.05) is 7.11 Å². The molecule has 1 rings (SSSR count). The predicted octanol–water partition coefficient (Wildman–Crippen LogP) is 1.78. The van der Waals surface area contributed by atoms with E-state index in [4.69, 9.17) is 0 Å². The van der Waals surface area contributed by atoms with Gasteiger partial charge in [-0.25, -0.2) is 4.79 Å². The molecule has 0 radical (unpaired) electrons. The second-order valence-corrected chi connectivity index (χ2v) is 3.12. The molecule has 0 saturated heterocycles. The lowest BCUT2D eigenvalue weighted by Crippen LogP contribution is -2.01. The lowest BCUT2D eigenvalue weighted by atomic mass is 10.1. The zero-order valence-electron chi connectivity index (χ0n) is 10.9. The maximum absolute atomic E-state index is 11.0. The minimum atomic E-state index is -0.517. The van der Waals surface area contributed by atoms with Crippen LogP contribution in [-0.4, -0.2) is 24.1 Å². The molecule has 1 aromatic carbocycles. The van der Waals surface area contributed by atoms with Crippen molar-refractivity contribution in [3.63, 3.8) is 0 Å². The van der Waals surface area contributed by atoms with E-state index < -0.39 is 5.97 Å². The monoisotopic (exact) mass is 253 g/mol. The SMILES string of the molecule is C=C.CC(N)=O.COC(=O)c1cc(C)ccc1O. The summed E-state index contributed by atoms with van der Waals surface area (Å²) in [7, 11) is 1.28. The van der Waals surface area contributed by atoms with Crippen LogP contribution >= 0.6 is 0 Å². The van der Waals surface area contributed by atoms with E-state index in [1.807, 2.05) is 6.92 Å². The Balaban J connectivity index is 0. The largest absolute Gasteiger partial charge is 0.507 e. The highest BCUT2D eigenvalue weighted by molar-refractivity contribution is 5.92. The Labute approximate surface area is 107 Å². The van der Waals surface area contributed by atoms with Crippen LogP contribution < -0.4 is 5.73 Å². The van der Waals surface area contributed by atoms with Crippen LogP contribution in [0.2, 0.25) is 0 Å². The minimum Gasteiger partial charge on any atom is -0.507 e. The third kappa shape index (κ3) is 7.92. The Hall–Kier alpha value is -2.30. The van der Waals surface area contributed by atoms with Crippen molar-refractivity contribution >= 4 is 11.9 Å². The molecule has 5 heteroatoms. The van der Waals surface area contributed by atoms with Gasteiger partial charge in [-0.3, -0.25) is 4.79 Å². The number of aryl methyl sites for hydroxylation is 1. The van der Waals surface area contributed by atoms with Gasteiger partial charge in [-0.1, -0.05) is 11.6 Å². The van der Waals surface area contributed by atoms with E-state index in [0.717, 1.165) is 5.56 Å². The molecule has 0 atom stereocenters. The number of phenolic OH excluding ortho intramolecular Hbond substituents is 1. The molecule has 0 spiro atoms. The molecule has 100 valence electrons. The van der Waals surface area contributed by atoms with E-state index in [1.54, 1.807) is 12.1 Å². The Morgan fingerprint density at radius 1 is 1.33 bits per heavy atom. The lowest BCUT2D eigenvalue weighted by molar-refractivity contribution is -0.115. The molecule has 0 bridgehead atoms. The number of ether oxygens (including phenoxy) is 1.